The van der Waals surface area contributed by atoms with Crippen LogP contribution in [0.2, 0.25) is 0 Å². The number of rotatable bonds is 5. The Balaban J connectivity index is 1.53. The molecule has 1 aliphatic rings. The standard InChI is InChI=1S/C21H22N4O3/c1-14-19(11-22)18-7-9-25(13-16(18)12-23-14)10-8-20(26)24-17-5-3-15(4-6-17)21(27)28-2/h3-6,12H,7-10,13H2,1-2H3,(H,24,26). The Kier molecular flexibility index (Phi) is 6.02. The molecule has 0 unspecified atom stereocenters. The van der Waals surface area contributed by atoms with E-state index in [0.717, 1.165) is 29.8 Å². The summed E-state index contributed by atoms with van der Waals surface area (Å²) in [5.41, 5.74) is 4.68. The summed E-state index contributed by atoms with van der Waals surface area (Å²) in [5, 5.41) is 12.2. The molecule has 144 valence electrons. The number of ether oxygens (including phenoxy) is 1. The van der Waals surface area contributed by atoms with Crippen LogP contribution >= 0.6 is 0 Å². The third-order valence-corrected chi connectivity index (χ3v) is 4.89. The maximum absolute atomic E-state index is 12.2. The second-order valence-corrected chi connectivity index (χ2v) is 6.73. The van der Waals surface area contributed by atoms with Crippen molar-refractivity contribution in [1.82, 2.24) is 9.88 Å². The first-order valence-electron chi connectivity index (χ1n) is 9.10. The van der Waals surface area contributed by atoms with Crippen molar-refractivity contribution in [2.24, 2.45) is 0 Å². The van der Waals surface area contributed by atoms with E-state index in [1.807, 2.05) is 13.1 Å². The molecule has 1 aromatic heterocycles. The number of esters is 1. The van der Waals surface area contributed by atoms with E-state index in [0.29, 0.717) is 36.3 Å². The zero-order valence-electron chi connectivity index (χ0n) is 16.0. The molecule has 7 heteroatoms. The number of methoxy groups -OCH3 is 1. The highest BCUT2D eigenvalue weighted by molar-refractivity contribution is 5.93. The minimum Gasteiger partial charge on any atom is -0.465 e. The van der Waals surface area contributed by atoms with E-state index in [4.69, 9.17) is 0 Å². The van der Waals surface area contributed by atoms with Crippen LogP contribution in [0.15, 0.2) is 30.5 Å². The molecule has 28 heavy (non-hydrogen) atoms. The SMILES string of the molecule is COC(=O)c1ccc(NC(=O)CCN2CCc3c(cnc(C)c3C#N)C2)cc1. The Morgan fingerprint density at radius 2 is 2.07 bits per heavy atom. The number of amides is 1. The first-order chi connectivity index (χ1) is 13.5. The summed E-state index contributed by atoms with van der Waals surface area (Å²) in [6.07, 6.45) is 2.98. The molecule has 0 atom stereocenters. The Morgan fingerprint density at radius 3 is 2.75 bits per heavy atom. The van der Waals surface area contributed by atoms with Gasteiger partial charge >= 0.3 is 5.97 Å². The van der Waals surface area contributed by atoms with Crippen molar-refractivity contribution in [1.29, 1.82) is 5.26 Å². The maximum Gasteiger partial charge on any atom is 0.337 e. The normalized spacial score (nSPS) is 13.3. The number of fused-ring (bicyclic) bond motifs is 1. The third kappa shape index (κ3) is 4.35. The minimum atomic E-state index is -0.410. The van der Waals surface area contributed by atoms with Crippen LogP contribution in [-0.4, -0.2) is 42.0 Å². The van der Waals surface area contributed by atoms with E-state index >= 15 is 0 Å². The van der Waals surface area contributed by atoms with Crippen molar-refractivity contribution in [3.8, 4) is 6.07 Å². The second-order valence-electron chi connectivity index (χ2n) is 6.73. The van der Waals surface area contributed by atoms with E-state index < -0.39 is 5.97 Å². The van der Waals surface area contributed by atoms with Gasteiger partial charge in [-0.05, 0) is 48.7 Å². The fourth-order valence-electron chi connectivity index (χ4n) is 3.34. The molecule has 7 nitrogen and oxygen atoms in total. The summed E-state index contributed by atoms with van der Waals surface area (Å²) in [6, 6.07) is 8.85. The van der Waals surface area contributed by atoms with E-state index in [1.165, 1.54) is 7.11 Å². The van der Waals surface area contributed by atoms with Gasteiger partial charge in [0.2, 0.25) is 5.91 Å². The van der Waals surface area contributed by atoms with Crippen molar-refractivity contribution >= 4 is 17.6 Å². The number of hydrogen-bond donors (Lipinski definition) is 1. The van der Waals surface area contributed by atoms with Gasteiger partial charge in [-0.1, -0.05) is 0 Å². The number of benzene rings is 1. The van der Waals surface area contributed by atoms with Crippen molar-refractivity contribution in [2.45, 2.75) is 26.3 Å². The van der Waals surface area contributed by atoms with Gasteiger partial charge in [0.1, 0.15) is 6.07 Å². The van der Waals surface area contributed by atoms with Gasteiger partial charge in [0.05, 0.1) is 23.9 Å². The van der Waals surface area contributed by atoms with Gasteiger partial charge in [-0.25, -0.2) is 4.79 Å². The molecule has 1 N–H and O–H groups in total. The fraction of sp³-hybridized carbons (Fsp3) is 0.333. The summed E-state index contributed by atoms with van der Waals surface area (Å²) in [4.78, 5) is 30.2. The molecule has 0 saturated heterocycles. The van der Waals surface area contributed by atoms with E-state index in [2.05, 4.69) is 26.0 Å². The molecule has 2 aromatic rings. The zero-order chi connectivity index (χ0) is 20.1. The van der Waals surface area contributed by atoms with Gasteiger partial charge in [0.25, 0.3) is 0 Å². The fourth-order valence-corrected chi connectivity index (χ4v) is 3.34. The van der Waals surface area contributed by atoms with Gasteiger partial charge in [0, 0.05) is 37.9 Å². The van der Waals surface area contributed by atoms with Crippen molar-refractivity contribution in [3.63, 3.8) is 0 Å². The summed E-state index contributed by atoms with van der Waals surface area (Å²) in [7, 11) is 1.33. The lowest BCUT2D eigenvalue weighted by molar-refractivity contribution is -0.116. The number of nitrogens with zero attached hydrogens (tertiary/aromatic N) is 3. The summed E-state index contributed by atoms with van der Waals surface area (Å²) < 4.78 is 4.65. The van der Waals surface area contributed by atoms with Crippen LogP contribution in [-0.2, 0) is 22.5 Å². The predicted molar refractivity (Wildman–Crippen MR) is 104 cm³/mol. The van der Waals surface area contributed by atoms with E-state index in [9.17, 15) is 14.9 Å². The van der Waals surface area contributed by atoms with Crippen LogP contribution in [0.4, 0.5) is 5.69 Å². The molecule has 0 saturated carbocycles. The quantitative estimate of drug-likeness (QED) is 0.803. The molecule has 0 radical (unpaired) electrons. The Hall–Kier alpha value is -3.24. The zero-order valence-corrected chi connectivity index (χ0v) is 16.0. The number of hydrogen-bond acceptors (Lipinski definition) is 6. The number of nitriles is 1. The van der Waals surface area contributed by atoms with Crippen LogP contribution in [0.1, 0.15) is 39.2 Å². The summed E-state index contributed by atoms with van der Waals surface area (Å²) >= 11 is 0. The van der Waals surface area contributed by atoms with Gasteiger partial charge in [0.15, 0.2) is 0 Å². The van der Waals surface area contributed by atoms with Crippen LogP contribution in [0.25, 0.3) is 0 Å². The third-order valence-electron chi connectivity index (χ3n) is 4.89. The lowest BCUT2D eigenvalue weighted by atomic mass is 9.95. The van der Waals surface area contributed by atoms with Gasteiger partial charge in [-0.2, -0.15) is 5.26 Å². The highest BCUT2D eigenvalue weighted by atomic mass is 16.5. The van der Waals surface area contributed by atoms with Gasteiger partial charge < -0.3 is 10.1 Å². The number of carbonyl (C=O) groups excluding carboxylic acids is 2. The molecule has 1 aliphatic heterocycles. The second kappa shape index (κ2) is 8.63. The van der Waals surface area contributed by atoms with Crippen LogP contribution in [0, 0.1) is 18.3 Å². The van der Waals surface area contributed by atoms with Crippen LogP contribution in [0.3, 0.4) is 0 Å². The summed E-state index contributed by atoms with van der Waals surface area (Å²) in [6.45, 7) is 3.99. The monoisotopic (exact) mass is 378 g/mol. The van der Waals surface area contributed by atoms with Crippen molar-refractivity contribution in [3.05, 3.63) is 58.4 Å². The van der Waals surface area contributed by atoms with Crippen LogP contribution in [0.5, 0.6) is 0 Å². The van der Waals surface area contributed by atoms with Crippen molar-refractivity contribution < 1.29 is 14.3 Å². The molecule has 1 amide bonds. The topological polar surface area (TPSA) is 95.3 Å². The number of aryl methyl sites for hydroxylation is 1. The first-order valence-corrected chi connectivity index (χ1v) is 9.10. The largest absolute Gasteiger partial charge is 0.465 e. The first kappa shape index (κ1) is 19.5. The van der Waals surface area contributed by atoms with Crippen LogP contribution < -0.4 is 5.32 Å². The Morgan fingerprint density at radius 1 is 1.32 bits per heavy atom. The molecular weight excluding hydrogens is 356 g/mol. The Bertz CT molecular complexity index is 932. The smallest absolute Gasteiger partial charge is 0.337 e. The number of nitrogens with one attached hydrogen (secondary N) is 1. The molecular formula is C21H22N4O3. The summed E-state index contributed by atoms with van der Waals surface area (Å²) in [5.74, 6) is -0.496. The average Bonchev–Trinajstić information content (AvgIpc) is 2.72. The lowest BCUT2D eigenvalue weighted by Gasteiger charge is -2.29. The molecule has 3 rings (SSSR count). The molecule has 2 heterocycles. The average molecular weight is 378 g/mol. The molecule has 1 aromatic carbocycles. The molecule has 0 spiro atoms. The number of aromatic nitrogens is 1. The molecule has 0 fully saturated rings. The Labute approximate surface area is 163 Å². The highest BCUT2D eigenvalue weighted by Gasteiger charge is 2.21. The minimum absolute atomic E-state index is 0.0867. The number of anilines is 1. The number of carbonyl (C=O) groups is 2. The molecule has 0 aliphatic carbocycles. The lowest BCUT2D eigenvalue weighted by Crippen LogP contribution is -2.33. The van der Waals surface area contributed by atoms with Crippen molar-refractivity contribution in [2.75, 3.05) is 25.5 Å². The van der Waals surface area contributed by atoms with Gasteiger partial charge in [-0.15, -0.1) is 0 Å². The predicted octanol–water partition coefficient (Wildman–Crippen LogP) is 2.44. The number of pyridine rings is 1. The highest BCUT2D eigenvalue weighted by Crippen LogP contribution is 2.23. The van der Waals surface area contributed by atoms with E-state index in [-0.39, 0.29) is 5.91 Å². The molecule has 0 bridgehead atoms. The maximum atomic E-state index is 12.2. The van der Waals surface area contributed by atoms with Gasteiger partial charge in [-0.3, -0.25) is 14.7 Å². The van der Waals surface area contributed by atoms with E-state index in [1.54, 1.807) is 24.3 Å².